The van der Waals surface area contributed by atoms with Gasteiger partial charge in [0.05, 0.1) is 17.2 Å². The molecule has 28 heavy (non-hydrogen) atoms. The van der Waals surface area contributed by atoms with Gasteiger partial charge in [-0.05, 0) is 38.0 Å². The van der Waals surface area contributed by atoms with Gasteiger partial charge in [-0.25, -0.2) is 0 Å². The summed E-state index contributed by atoms with van der Waals surface area (Å²) in [5.41, 5.74) is 1.97. The number of carbonyl (C=O) groups excluding carboxylic acids is 2. The number of ether oxygens (including phenoxy) is 2. The van der Waals surface area contributed by atoms with Crippen LogP contribution < -0.4 is 10.1 Å². The predicted molar refractivity (Wildman–Crippen MR) is 103 cm³/mol. The summed E-state index contributed by atoms with van der Waals surface area (Å²) in [6, 6.07) is 11.7. The topological polar surface area (TPSA) is 108 Å². The van der Waals surface area contributed by atoms with Crippen LogP contribution in [0.15, 0.2) is 42.5 Å². The Morgan fingerprint density at radius 1 is 1.11 bits per heavy atom. The second-order valence-corrected chi connectivity index (χ2v) is 6.23. The zero-order chi connectivity index (χ0) is 20.5. The summed E-state index contributed by atoms with van der Waals surface area (Å²) < 4.78 is 10.4. The van der Waals surface area contributed by atoms with Crippen molar-refractivity contribution < 1.29 is 24.0 Å². The summed E-state index contributed by atoms with van der Waals surface area (Å²) in [7, 11) is 0. The molecule has 2 aromatic carbocycles. The van der Waals surface area contributed by atoms with Crippen LogP contribution in [-0.2, 0) is 14.3 Å². The Labute approximate surface area is 162 Å². The van der Waals surface area contributed by atoms with Crippen LogP contribution in [0.5, 0.6) is 5.75 Å². The first-order valence-electron chi connectivity index (χ1n) is 8.75. The molecule has 8 heteroatoms. The molecule has 1 amide bonds. The van der Waals surface area contributed by atoms with E-state index in [2.05, 4.69) is 5.32 Å². The van der Waals surface area contributed by atoms with Crippen molar-refractivity contribution in [3.05, 3.63) is 63.7 Å². The molecule has 0 bridgehead atoms. The minimum absolute atomic E-state index is 0.120. The molecule has 0 aliphatic rings. The molecule has 0 heterocycles. The van der Waals surface area contributed by atoms with Crippen molar-refractivity contribution in [2.24, 2.45) is 0 Å². The third-order valence-corrected chi connectivity index (χ3v) is 3.89. The molecule has 2 rings (SSSR count). The van der Waals surface area contributed by atoms with Crippen molar-refractivity contribution in [2.45, 2.75) is 26.7 Å². The molecule has 0 aromatic heterocycles. The standard InChI is InChI=1S/C20H22N2O6/c1-14-5-9-17(10-6-14)27-11-3-4-20(24)28-13-19(23)21-18-12-16(22(25)26)8-7-15(18)2/h5-10,12H,3-4,11,13H2,1-2H3,(H,21,23). The summed E-state index contributed by atoms with van der Waals surface area (Å²) in [6.45, 7) is 3.59. The number of hydrogen-bond acceptors (Lipinski definition) is 6. The van der Waals surface area contributed by atoms with Crippen LogP contribution in [0.4, 0.5) is 11.4 Å². The molecule has 0 unspecified atom stereocenters. The number of rotatable bonds is 9. The van der Waals surface area contributed by atoms with E-state index >= 15 is 0 Å². The molecule has 2 aromatic rings. The van der Waals surface area contributed by atoms with Gasteiger partial charge in [0.15, 0.2) is 6.61 Å². The number of hydrogen-bond donors (Lipinski definition) is 1. The Hall–Kier alpha value is -3.42. The monoisotopic (exact) mass is 386 g/mol. The van der Waals surface area contributed by atoms with Crippen molar-refractivity contribution in [1.29, 1.82) is 0 Å². The van der Waals surface area contributed by atoms with Crippen LogP contribution in [0.25, 0.3) is 0 Å². The highest BCUT2D eigenvalue weighted by Crippen LogP contribution is 2.21. The van der Waals surface area contributed by atoms with Gasteiger partial charge in [0.25, 0.3) is 11.6 Å². The maximum atomic E-state index is 11.9. The molecular weight excluding hydrogens is 364 g/mol. The number of nitrogens with zero attached hydrogens (tertiary/aromatic N) is 1. The first-order valence-corrected chi connectivity index (χ1v) is 8.75. The maximum Gasteiger partial charge on any atom is 0.306 e. The highest BCUT2D eigenvalue weighted by atomic mass is 16.6. The Bertz CT molecular complexity index is 848. The number of nitro benzene ring substituents is 1. The Balaban J connectivity index is 1.69. The molecule has 0 aliphatic carbocycles. The molecule has 0 spiro atoms. The zero-order valence-corrected chi connectivity index (χ0v) is 15.8. The average Bonchev–Trinajstić information content (AvgIpc) is 2.66. The Morgan fingerprint density at radius 3 is 2.50 bits per heavy atom. The second-order valence-electron chi connectivity index (χ2n) is 6.23. The van der Waals surface area contributed by atoms with Crippen LogP contribution in [-0.4, -0.2) is 30.0 Å². The van der Waals surface area contributed by atoms with Crippen molar-refractivity contribution in [1.82, 2.24) is 0 Å². The molecule has 0 saturated heterocycles. The lowest BCUT2D eigenvalue weighted by atomic mass is 10.2. The summed E-state index contributed by atoms with van der Waals surface area (Å²) >= 11 is 0. The number of nitro groups is 1. The molecule has 0 saturated carbocycles. The van der Waals surface area contributed by atoms with E-state index in [0.29, 0.717) is 24.3 Å². The predicted octanol–water partition coefficient (Wildman–Crippen LogP) is 3.55. The van der Waals surface area contributed by atoms with E-state index in [4.69, 9.17) is 9.47 Å². The first-order chi connectivity index (χ1) is 13.3. The van der Waals surface area contributed by atoms with Crippen LogP contribution in [0, 0.1) is 24.0 Å². The number of aryl methyl sites for hydroxylation is 2. The van der Waals surface area contributed by atoms with Crippen LogP contribution in [0.2, 0.25) is 0 Å². The van der Waals surface area contributed by atoms with Crippen molar-refractivity contribution in [3.63, 3.8) is 0 Å². The zero-order valence-electron chi connectivity index (χ0n) is 15.8. The van der Waals surface area contributed by atoms with Gasteiger partial charge in [0.2, 0.25) is 0 Å². The van der Waals surface area contributed by atoms with Gasteiger partial charge in [0, 0.05) is 18.6 Å². The van der Waals surface area contributed by atoms with Crippen molar-refractivity contribution >= 4 is 23.3 Å². The molecule has 0 fully saturated rings. The molecule has 1 N–H and O–H groups in total. The minimum atomic E-state index is -0.562. The third kappa shape index (κ3) is 6.71. The van der Waals surface area contributed by atoms with Crippen LogP contribution >= 0.6 is 0 Å². The van der Waals surface area contributed by atoms with Gasteiger partial charge in [-0.3, -0.25) is 19.7 Å². The number of carbonyl (C=O) groups is 2. The van der Waals surface area contributed by atoms with Gasteiger partial charge >= 0.3 is 5.97 Å². The summed E-state index contributed by atoms with van der Waals surface area (Å²) in [6.07, 6.45) is 0.577. The fourth-order valence-corrected chi connectivity index (χ4v) is 2.30. The lowest BCUT2D eigenvalue weighted by Gasteiger charge is -2.09. The van der Waals surface area contributed by atoms with E-state index in [1.807, 2.05) is 31.2 Å². The first kappa shape index (κ1) is 20.9. The maximum absolute atomic E-state index is 11.9. The van der Waals surface area contributed by atoms with E-state index < -0.39 is 23.4 Å². The average molecular weight is 386 g/mol. The number of non-ortho nitro benzene ring substituents is 1. The molecule has 8 nitrogen and oxygen atoms in total. The fourth-order valence-electron chi connectivity index (χ4n) is 2.30. The number of nitrogens with one attached hydrogen (secondary N) is 1. The largest absolute Gasteiger partial charge is 0.494 e. The van der Waals surface area contributed by atoms with Crippen LogP contribution in [0.1, 0.15) is 24.0 Å². The minimum Gasteiger partial charge on any atom is -0.494 e. The van der Waals surface area contributed by atoms with Gasteiger partial charge in [-0.1, -0.05) is 23.8 Å². The molecule has 0 aliphatic heterocycles. The normalized spacial score (nSPS) is 10.2. The van der Waals surface area contributed by atoms with Gasteiger partial charge in [-0.2, -0.15) is 0 Å². The molecule has 0 radical (unpaired) electrons. The van der Waals surface area contributed by atoms with E-state index in [1.54, 1.807) is 6.92 Å². The summed E-state index contributed by atoms with van der Waals surface area (Å²) in [5, 5.41) is 13.3. The quantitative estimate of drug-likeness (QED) is 0.306. The van der Waals surface area contributed by atoms with E-state index in [1.165, 1.54) is 18.2 Å². The Kier molecular flexibility index (Phi) is 7.50. The lowest BCUT2D eigenvalue weighted by Crippen LogP contribution is -2.21. The number of esters is 1. The van der Waals surface area contributed by atoms with E-state index in [9.17, 15) is 19.7 Å². The van der Waals surface area contributed by atoms with Crippen molar-refractivity contribution in [3.8, 4) is 5.75 Å². The SMILES string of the molecule is Cc1ccc(OCCCC(=O)OCC(=O)Nc2cc([N+](=O)[O-])ccc2C)cc1. The van der Waals surface area contributed by atoms with E-state index in [-0.39, 0.29) is 12.1 Å². The lowest BCUT2D eigenvalue weighted by molar-refractivity contribution is -0.384. The summed E-state index contributed by atoms with van der Waals surface area (Å²) in [5.74, 6) is -0.350. The number of anilines is 1. The van der Waals surface area contributed by atoms with Crippen molar-refractivity contribution in [2.75, 3.05) is 18.5 Å². The number of amides is 1. The molecular formula is C20H22N2O6. The fraction of sp³-hybridized carbons (Fsp3) is 0.300. The highest BCUT2D eigenvalue weighted by molar-refractivity contribution is 5.93. The molecule has 0 atom stereocenters. The summed E-state index contributed by atoms with van der Waals surface area (Å²) in [4.78, 5) is 33.9. The van der Waals surface area contributed by atoms with Gasteiger partial charge in [-0.15, -0.1) is 0 Å². The van der Waals surface area contributed by atoms with Crippen LogP contribution in [0.3, 0.4) is 0 Å². The third-order valence-electron chi connectivity index (χ3n) is 3.89. The Morgan fingerprint density at radius 2 is 1.82 bits per heavy atom. The van der Waals surface area contributed by atoms with E-state index in [0.717, 1.165) is 11.3 Å². The second kappa shape index (κ2) is 10.1. The number of benzene rings is 2. The van der Waals surface area contributed by atoms with Gasteiger partial charge < -0.3 is 14.8 Å². The smallest absolute Gasteiger partial charge is 0.306 e. The molecule has 148 valence electrons. The highest BCUT2D eigenvalue weighted by Gasteiger charge is 2.12. The van der Waals surface area contributed by atoms with Gasteiger partial charge in [0.1, 0.15) is 5.75 Å².